The van der Waals surface area contributed by atoms with E-state index in [9.17, 15) is 24.9 Å². The summed E-state index contributed by atoms with van der Waals surface area (Å²) in [6.45, 7) is 18.1. The third kappa shape index (κ3) is 5.70. The van der Waals surface area contributed by atoms with Gasteiger partial charge in [-0.05, 0) is 72.3 Å². The zero-order chi connectivity index (χ0) is 32.7. The van der Waals surface area contributed by atoms with Crippen LogP contribution in [0.5, 0.6) is 0 Å². The predicted molar refractivity (Wildman–Crippen MR) is 177 cm³/mol. The summed E-state index contributed by atoms with van der Waals surface area (Å²) in [4.78, 5) is 33.8. The highest BCUT2D eigenvalue weighted by atomic mass is 16.4. The molecule has 9 heteroatoms. The van der Waals surface area contributed by atoms with Gasteiger partial charge in [0, 0.05) is 59.1 Å². The van der Waals surface area contributed by atoms with Crippen LogP contribution in [0.1, 0.15) is 60.3 Å². The summed E-state index contributed by atoms with van der Waals surface area (Å²) in [7, 11) is 0. The Morgan fingerprint density at radius 1 is 1.07 bits per heavy atom. The Hall–Kier alpha value is -4.24. The number of aliphatic hydroxyl groups is 1. The first-order chi connectivity index (χ1) is 21.4. The second kappa shape index (κ2) is 12.6. The highest BCUT2D eigenvalue weighted by Gasteiger charge is 2.51. The fraction of sp³-hybridized carbons (Fsp3) is 0.444. The first kappa shape index (κ1) is 32.2. The topological polar surface area (TPSA) is 144 Å². The van der Waals surface area contributed by atoms with E-state index in [0.717, 1.165) is 57.1 Å². The van der Waals surface area contributed by atoms with Crippen molar-refractivity contribution in [2.45, 2.75) is 78.5 Å². The maximum Gasteiger partial charge on any atom is 0.304 e. The summed E-state index contributed by atoms with van der Waals surface area (Å²) >= 11 is 0. The molecular formula is C36H44N4O5. The Labute approximate surface area is 265 Å². The van der Waals surface area contributed by atoms with E-state index in [2.05, 4.69) is 44.6 Å². The number of fused-ring (bicyclic) bond motifs is 1. The number of rotatable bonds is 10. The molecule has 0 spiro atoms. The molecule has 0 saturated heterocycles. The Balaban J connectivity index is 1.63. The van der Waals surface area contributed by atoms with Crippen LogP contribution in [0, 0.1) is 23.7 Å². The van der Waals surface area contributed by atoms with Crippen molar-refractivity contribution in [3.05, 3.63) is 94.2 Å². The van der Waals surface area contributed by atoms with Gasteiger partial charge in [0.25, 0.3) is 0 Å². The van der Waals surface area contributed by atoms with E-state index in [0.29, 0.717) is 12.1 Å². The zero-order valence-corrected chi connectivity index (χ0v) is 26.7. The Bertz CT molecular complexity index is 1600. The van der Waals surface area contributed by atoms with Gasteiger partial charge in [0.2, 0.25) is 0 Å². The molecule has 0 amide bonds. The van der Waals surface area contributed by atoms with Crippen LogP contribution in [-0.2, 0) is 9.59 Å². The van der Waals surface area contributed by atoms with Gasteiger partial charge >= 0.3 is 11.9 Å². The standard InChI is InChI=1S/C36H44N4O5/c1-8-21-16-37-26(17(21)4)14-27-19(6)23(11-12-30(41)42)34(39-27)33-24(13-31(43)44)36(45)32-20(7)28(40-35(32)33)15-29-22(9-2)18(5)25(10-3)38-29/h8,10,14-17,19,23-25,35-37,40,45H,1,3,9,11-13H2,2,4-7H3,(H,41,42)(H,43,44)/b26-14-,28-15-,34-33-. The van der Waals surface area contributed by atoms with Gasteiger partial charge in [-0.2, -0.15) is 0 Å². The van der Waals surface area contributed by atoms with E-state index in [1.807, 2.05) is 44.4 Å². The summed E-state index contributed by atoms with van der Waals surface area (Å²) in [5.74, 6) is -2.87. The second-order valence-corrected chi connectivity index (χ2v) is 12.6. The van der Waals surface area contributed by atoms with Crippen molar-refractivity contribution in [1.82, 2.24) is 10.6 Å². The number of aliphatic hydroxyl groups excluding tert-OH is 1. The van der Waals surface area contributed by atoms with Crippen molar-refractivity contribution in [3.63, 3.8) is 0 Å². The van der Waals surface area contributed by atoms with Crippen LogP contribution < -0.4 is 10.6 Å². The number of nitrogens with zero attached hydrogens (tertiary/aromatic N) is 2. The van der Waals surface area contributed by atoms with Gasteiger partial charge in [0.1, 0.15) is 0 Å². The molecule has 0 aromatic rings. The average molecular weight is 613 g/mol. The molecule has 1 saturated carbocycles. The van der Waals surface area contributed by atoms with Crippen molar-refractivity contribution in [2.75, 3.05) is 0 Å². The van der Waals surface area contributed by atoms with Gasteiger partial charge in [0.05, 0.1) is 30.3 Å². The summed E-state index contributed by atoms with van der Waals surface area (Å²) in [6.07, 6.45) is 9.45. The molecule has 45 heavy (non-hydrogen) atoms. The lowest BCUT2D eigenvalue weighted by atomic mass is 9.82. The summed E-state index contributed by atoms with van der Waals surface area (Å²) in [5, 5.41) is 38.1. The van der Waals surface area contributed by atoms with Crippen LogP contribution >= 0.6 is 0 Å². The smallest absolute Gasteiger partial charge is 0.304 e. The van der Waals surface area contributed by atoms with Gasteiger partial charge in [-0.3, -0.25) is 19.6 Å². The number of hydrogen-bond donors (Lipinski definition) is 5. The molecule has 4 aliphatic heterocycles. The zero-order valence-electron chi connectivity index (χ0n) is 26.7. The molecule has 0 aromatic carbocycles. The first-order valence-corrected chi connectivity index (χ1v) is 15.8. The number of aliphatic carboxylic acids is 2. The second-order valence-electron chi connectivity index (χ2n) is 12.6. The molecule has 5 N–H and O–H groups in total. The maximum absolute atomic E-state index is 12.1. The normalized spacial score (nSPS) is 34.2. The van der Waals surface area contributed by atoms with Crippen LogP contribution in [-0.4, -0.2) is 56.9 Å². The van der Waals surface area contributed by atoms with Crippen LogP contribution in [0.2, 0.25) is 0 Å². The number of nitrogens with one attached hydrogen (secondary N) is 2. The van der Waals surface area contributed by atoms with Crippen LogP contribution in [0.4, 0.5) is 0 Å². The predicted octanol–water partition coefficient (Wildman–Crippen LogP) is 5.38. The molecule has 0 aromatic heterocycles. The first-order valence-electron chi connectivity index (χ1n) is 15.8. The Morgan fingerprint density at radius 3 is 2.40 bits per heavy atom. The molecule has 5 aliphatic rings. The van der Waals surface area contributed by atoms with E-state index in [-0.39, 0.29) is 36.6 Å². The molecule has 1 fully saturated rings. The number of carbonyl (C=O) groups is 2. The molecule has 7 unspecified atom stereocenters. The molecule has 9 nitrogen and oxygen atoms in total. The van der Waals surface area contributed by atoms with Crippen molar-refractivity contribution in [1.29, 1.82) is 0 Å². The van der Waals surface area contributed by atoms with Crippen molar-refractivity contribution < 1.29 is 24.9 Å². The van der Waals surface area contributed by atoms with Crippen LogP contribution in [0.25, 0.3) is 0 Å². The fourth-order valence-electron chi connectivity index (χ4n) is 7.54. The number of hydrogen-bond acceptors (Lipinski definition) is 7. The monoisotopic (exact) mass is 612 g/mol. The van der Waals surface area contributed by atoms with E-state index in [1.54, 1.807) is 0 Å². The van der Waals surface area contributed by atoms with Gasteiger partial charge < -0.3 is 26.0 Å². The Kier molecular flexibility index (Phi) is 9.03. The molecule has 4 heterocycles. The number of carboxylic acids is 2. The molecule has 0 bridgehead atoms. The minimum atomic E-state index is -1.02. The molecule has 5 rings (SSSR count). The Morgan fingerprint density at radius 2 is 1.80 bits per heavy atom. The maximum atomic E-state index is 12.1. The third-order valence-corrected chi connectivity index (χ3v) is 10.2. The van der Waals surface area contributed by atoms with E-state index < -0.39 is 30.0 Å². The van der Waals surface area contributed by atoms with Crippen molar-refractivity contribution >= 4 is 23.4 Å². The fourth-order valence-corrected chi connectivity index (χ4v) is 7.54. The highest BCUT2D eigenvalue weighted by Crippen LogP contribution is 2.50. The molecule has 238 valence electrons. The quantitative estimate of drug-likeness (QED) is 0.209. The van der Waals surface area contributed by atoms with Crippen LogP contribution in [0.3, 0.4) is 0 Å². The molecule has 0 radical (unpaired) electrons. The minimum absolute atomic E-state index is 0.0467. The number of allylic oxidation sites excluding steroid dienone is 7. The summed E-state index contributed by atoms with van der Waals surface area (Å²) < 4.78 is 0. The van der Waals surface area contributed by atoms with Crippen molar-refractivity contribution in [3.8, 4) is 0 Å². The highest BCUT2D eigenvalue weighted by molar-refractivity contribution is 6.11. The van der Waals surface area contributed by atoms with Gasteiger partial charge in [-0.1, -0.05) is 39.5 Å². The minimum Gasteiger partial charge on any atom is -0.481 e. The summed E-state index contributed by atoms with van der Waals surface area (Å²) in [6, 6.07) is -0.527. The van der Waals surface area contributed by atoms with Gasteiger partial charge in [-0.15, -0.1) is 6.58 Å². The summed E-state index contributed by atoms with van der Waals surface area (Å²) in [5.41, 5.74) is 9.89. The molecule has 7 atom stereocenters. The van der Waals surface area contributed by atoms with E-state index in [1.165, 1.54) is 5.57 Å². The number of aliphatic imine (C=N–C) groups is 2. The lowest BCUT2D eigenvalue weighted by molar-refractivity contribution is -0.138. The lowest BCUT2D eigenvalue weighted by Gasteiger charge is -2.24. The van der Waals surface area contributed by atoms with E-state index in [4.69, 9.17) is 9.98 Å². The van der Waals surface area contributed by atoms with E-state index >= 15 is 0 Å². The molecular weight excluding hydrogens is 568 g/mol. The lowest BCUT2D eigenvalue weighted by Crippen LogP contribution is -2.28. The third-order valence-electron chi connectivity index (χ3n) is 10.2. The van der Waals surface area contributed by atoms with Crippen molar-refractivity contribution in [2.24, 2.45) is 33.7 Å². The average Bonchev–Trinajstić information content (AvgIpc) is 3.74. The SMILES string of the molecule is C=CC1=CN/C(=C\C2=NC(=C3\C4N/C(=C\C5=NC(C=C)C(C)=C5CC)C(C)=C4C(O)C3CC(=O)O)/C(CCC(=O)O)C2C)C1C. The van der Waals surface area contributed by atoms with Gasteiger partial charge in [0.15, 0.2) is 0 Å². The largest absolute Gasteiger partial charge is 0.481 e. The molecule has 1 aliphatic carbocycles. The van der Waals surface area contributed by atoms with Gasteiger partial charge in [-0.25, -0.2) is 0 Å². The number of carboxylic acid groups (broad SMARTS) is 2. The van der Waals surface area contributed by atoms with Crippen LogP contribution in [0.15, 0.2) is 104 Å².